The first-order chi connectivity index (χ1) is 9.61. The van der Waals surface area contributed by atoms with E-state index in [4.69, 9.17) is 0 Å². The molecular formula is C14H12BrN3OS. The van der Waals surface area contributed by atoms with Crippen LogP contribution in [0.5, 0.6) is 0 Å². The topological polar surface area (TPSA) is 46.9 Å². The summed E-state index contributed by atoms with van der Waals surface area (Å²) in [5, 5.41) is 4.58. The average Bonchev–Trinajstić information content (AvgIpc) is 2.97. The van der Waals surface area contributed by atoms with Gasteiger partial charge in [-0.25, -0.2) is 4.98 Å². The Bertz CT molecular complexity index is 778. The molecule has 2 heterocycles. The van der Waals surface area contributed by atoms with Gasteiger partial charge in [0, 0.05) is 27.3 Å². The summed E-state index contributed by atoms with van der Waals surface area (Å²) in [5.74, 6) is -0.0724. The number of aryl methyl sites for hydroxylation is 1. The van der Waals surface area contributed by atoms with Crippen molar-refractivity contribution in [1.29, 1.82) is 0 Å². The number of carbonyl (C=O) groups is 1. The predicted molar refractivity (Wildman–Crippen MR) is 85.1 cm³/mol. The van der Waals surface area contributed by atoms with Crippen molar-refractivity contribution in [2.75, 3.05) is 5.32 Å². The second kappa shape index (κ2) is 5.38. The van der Waals surface area contributed by atoms with Gasteiger partial charge in [0.1, 0.15) is 6.54 Å². The molecule has 1 N–H and O–H groups in total. The number of nitrogens with zero attached hydrogens (tertiary/aromatic N) is 2. The van der Waals surface area contributed by atoms with E-state index < -0.39 is 0 Å². The number of benzene rings is 1. The van der Waals surface area contributed by atoms with Crippen molar-refractivity contribution in [1.82, 2.24) is 9.55 Å². The number of rotatable bonds is 3. The van der Waals surface area contributed by atoms with E-state index in [1.54, 1.807) is 6.20 Å². The molecule has 0 bridgehead atoms. The maximum absolute atomic E-state index is 12.0. The number of anilines is 1. The first-order valence-electron chi connectivity index (χ1n) is 6.08. The normalized spacial score (nSPS) is 10.9. The Hall–Kier alpha value is -1.66. The van der Waals surface area contributed by atoms with E-state index in [9.17, 15) is 4.79 Å². The van der Waals surface area contributed by atoms with Crippen LogP contribution in [-0.2, 0) is 11.3 Å². The quantitative estimate of drug-likeness (QED) is 0.781. The molecule has 0 aliphatic rings. The van der Waals surface area contributed by atoms with Crippen molar-refractivity contribution < 1.29 is 4.79 Å². The molecule has 1 amide bonds. The minimum atomic E-state index is -0.0724. The molecule has 0 saturated carbocycles. The van der Waals surface area contributed by atoms with E-state index in [1.165, 1.54) is 11.3 Å². The predicted octanol–water partition coefficient (Wildman–Crippen LogP) is 3.81. The van der Waals surface area contributed by atoms with Crippen LogP contribution in [0.4, 0.5) is 5.13 Å². The van der Waals surface area contributed by atoms with E-state index in [-0.39, 0.29) is 12.5 Å². The van der Waals surface area contributed by atoms with Gasteiger partial charge in [0.25, 0.3) is 0 Å². The Morgan fingerprint density at radius 1 is 1.45 bits per heavy atom. The van der Waals surface area contributed by atoms with Gasteiger partial charge in [0.2, 0.25) is 5.91 Å². The third-order valence-corrected chi connectivity index (χ3v) is 4.24. The lowest BCUT2D eigenvalue weighted by atomic mass is 10.2. The van der Waals surface area contributed by atoms with Gasteiger partial charge in [-0.3, -0.25) is 4.79 Å². The van der Waals surface area contributed by atoms with Crippen molar-refractivity contribution in [3.05, 3.63) is 46.0 Å². The van der Waals surface area contributed by atoms with Crippen molar-refractivity contribution in [3.63, 3.8) is 0 Å². The Morgan fingerprint density at radius 2 is 2.30 bits per heavy atom. The van der Waals surface area contributed by atoms with Crippen LogP contribution in [-0.4, -0.2) is 15.5 Å². The second-order valence-corrected chi connectivity index (χ2v) is 6.62. The van der Waals surface area contributed by atoms with Gasteiger partial charge in [0.15, 0.2) is 5.13 Å². The van der Waals surface area contributed by atoms with Crippen molar-refractivity contribution in [3.8, 4) is 0 Å². The summed E-state index contributed by atoms with van der Waals surface area (Å²) < 4.78 is 2.93. The molecule has 3 rings (SSSR count). The zero-order valence-corrected chi connectivity index (χ0v) is 13.2. The molecule has 6 heteroatoms. The fourth-order valence-electron chi connectivity index (χ4n) is 2.02. The summed E-state index contributed by atoms with van der Waals surface area (Å²) in [6.07, 6.45) is 3.67. The van der Waals surface area contributed by atoms with Gasteiger partial charge in [-0.1, -0.05) is 22.0 Å². The number of fused-ring (bicyclic) bond motifs is 1. The van der Waals surface area contributed by atoms with Crippen LogP contribution in [0.2, 0.25) is 0 Å². The molecule has 3 aromatic rings. The highest BCUT2D eigenvalue weighted by Crippen LogP contribution is 2.21. The average molecular weight is 350 g/mol. The maximum Gasteiger partial charge on any atom is 0.246 e. The van der Waals surface area contributed by atoms with E-state index in [1.807, 2.05) is 42.0 Å². The van der Waals surface area contributed by atoms with E-state index >= 15 is 0 Å². The maximum atomic E-state index is 12.0. The fourth-order valence-corrected chi connectivity index (χ4v) is 3.05. The molecule has 20 heavy (non-hydrogen) atoms. The van der Waals surface area contributed by atoms with Crippen molar-refractivity contribution >= 4 is 49.2 Å². The highest BCUT2D eigenvalue weighted by atomic mass is 79.9. The highest BCUT2D eigenvalue weighted by Gasteiger charge is 2.08. The molecule has 0 fully saturated rings. The van der Waals surface area contributed by atoms with Gasteiger partial charge < -0.3 is 9.88 Å². The van der Waals surface area contributed by atoms with Crippen LogP contribution in [0.15, 0.2) is 41.1 Å². The number of nitrogens with one attached hydrogen (secondary N) is 1. The molecule has 0 atom stereocenters. The van der Waals surface area contributed by atoms with E-state index in [0.29, 0.717) is 5.13 Å². The summed E-state index contributed by atoms with van der Waals surface area (Å²) in [6, 6.07) is 8.03. The van der Waals surface area contributed by atoms with Crippen LogP contribution >= 0.6 is 27.3 Å². The van der Waals surface area contributed by atoms with Gasteiger partial charge in [-0.2, -0.15) is 0 Å². The molecule has 4 nitrogen and oxygen atoms in total. The van der Waals surface area contributed by atoms with Gasteiger partial charge in [-0.05, 0) is 30.5 Å². The monoisotopic (exact) mass is 349 g/mol. The lowest BCUT2D eigenvalue weighted by molar-refractivity contribution is -0.116. The molecular weight excluding hydrogens is 338 g/mol. The molecule has 1 aromatic carbocycles. The molecule has 102 valence electrons. The van der Waals surface area contributed by atoms with Crippen LogP contribution in [0, 0.1) is 6.92 Å². The number of carbonyl (C=O) groups excluding carboxylic acids is 1. The third-order valence-electron chi connectivity index (χ3n) is 2.92. The molecule has 0 saturated heterocycles. The molecule has 0 aliphatic heterocycles. The number of thiazole rings is 1. The van der Waals surface area contributed by atoms with Crippen molar-refractivity contribution in [2.45, 2.75) is 13.5 Å². The molecule has 0 aliphatic carbocycles. The molecule has 0 spiro atoms. The summed E-state index contributed by atoms with van der Waals surface area (Å²) >= 11 is 4.93. The lowest BCUT2D eigenvalue weighted by Crippen LogP contribution is -2.18. The summed E-state index contributed by atoms with van der Waals surface area (Å²) in [5.41, 5.74) is 1.03. The van der Waals surface area contributed by atoms with E-state index in [0.717, 1.165) is 20.3 Å². The minimum Gasteiger partial charge on any atom is -0.338 e. The standard InChI is InChI=1S/C14H12BrN3OS/c1-9-7-16-14(20-9)17-13(19)8-18-5-4-10-2-3-11(15)6-12(10)18/h2-7H,8H2,1H3,(H,16,17,19). The SMILES string of the molecule is Cc1cnc(NC(=O)Cn2ccc3ccc(Br)cc32)s1. The van der Waals surface area contributed by atoms with Crippen LogP contribution in [0.1, 0.15) is 4.88 Å². The zero-order valence-electron chi connectivity index (χ0n) is 10.8. The number of hydrogen-bond acceptors (Lipinski definition) is 3. The molecule has 2 aromatic heterocycles. The Kier molecular flexibility index (Phi) is 3.58. The van der Waals surface area contributed by atoms with Gasteiger partial charge in [0.05, 0.1) is 0 Å². The van der Waals surface area contributed by atoms with E-state index in [2.05, 4.69) is 26.2 Å². The smallest absolute Gasteiger partial charge is 0.246 e. The zero-order chi connectivity index (χ0) is 14.1. The first kappa shape index (κ1) is 13.3. The Balaban J connectivity index is 1.79. The van der Waals surface area contributed by atoms with Gasteiger partial charge in [-0.15, -0.1) is 11.3 Å². The number of aromatic nitrogens is 2. The Labute approximate surface area is 128 Å². The molecule has 0 radical (unpaired) electrons. The summed E-state index contributed by atoms with van der Waals surface area (Å²) in [7, 11) is 0. The largest absolute Gasteiger partial charge is 0.338 e. The first-order valence-corrected chi connectivity index (χ1v) is 7.69. The van der Waals surface area contributed by atoms with Gasteiger partial charge >= 0.3 is 0 Å². The second-order valence-electron chi connectivity index (χ2n) is 4.47. The number of halogens is 1. The van der Waals surface area contributed by atoms with Crippen LogP contribution in [0.25, 0.3) is 10.9 Å². The fraction of sp³-hybridized carbons (Fsp3) is 0.143. The van der Waals surface area contributed by atoms with Crippen LogP contribution in [0.3, 0.4) is 0 Å². The summed E-state index contributed by atoms with van der Waals surface area (Å²) in [4.78, 5) is 17.3. The summed E-state index contributed by atoms with van der Waals surface area (Å²) in [6.45, 7) is 2.24. The minimum absolute atomic E-state index is 0.0724. The highest BCUT2D eigenvalue weighted by molar-refractivity contribution is 9.10. The number of amides is 1. The third kappa shape index (κ3) is 2.76. The lowest BCUT2D eigenvalue weighted by Gasteiger charge is -2.05. The van der Waals surface area contributed by atoms with Crippen molar-refractivity contribution in [2.24, 2.45) is 0 Å². The van der Waals surface area contributed by atoms with Crippen LogP contribution < -0.4 is 5.32 Å². The Morgan fingerprint density at radius 3 is 3.05 bits per heavy atom. The molecule has 0 unspecified atom stereocenters. The number of hydrogen-bond donors (Lipinski definition) is 1.